The van der Waals surface area contributed by atoms with Crippen LogP contribution in [0.15, 0.2) is 0 Å². The zero-order valence-corrected chi connectivity index (χ0v) is 23.3. The van der Waals surface area contributed by atoms with Gasteiger partial charge in [0.2, 0.25) is 5.91 Å². The summed E-state index contributed by atoms with van der Waals surface area (Å²) in [7, 11) is -4.52. The summed E-state index contributed by atoms with van der Waals surface area (Å²) in [5.41, 5.74) is 1.79. The minimum atomic E-state index is -4.52. The van der Waals surface area contributed by atoms with Crippen LogP contribution in [-0.2, 0) is 26.2 Å². The highest BCUT2D eigenvalue weighted by atomic mass is 32.2. The van der Waals surface area contributed by atoms with E-state index in [0.29, 0.717) is 27.5 Å². The van der Waals surface area contributed by atoms with Crippen molar-refractivity contribution < 1.29 is 22.7 Å². The molecule has 3 N–H and O–H groups in total. The number of anilines is 3. The van der Waals surface area contributed by atoms with Crippen molar-refractivity contribution in [1.82, 2.24) is 0 Å². The summed E-state index contributed by atoms with van der Waals surface area (Å²) in [6, 6.07) is 0. The predicted octanol–water partition coefficient (Wildman–Crippen LogP) is 3.96. The van der Waals surface area contributed by atoms with E-state index in [-0.39, 0.29) is 11.6 Å². The zero-order valence-electron chi connectivity index (χ0n) is 21.7. The number of carbonyl (C=O) groups excluding carboxylic acids is 2. The summed E-state index contributed by atoms with van der Waals surface area (Å²) in [5, 5.41) is 8.54. The number of ether oxygens (including phenoxy) is 1. The molecule has 0 aromatic heterocycles. The highest BCUT2D eigenvalue weighted by Crippen LogP contribution is 2.46. The van der Waals surface area contributed by atoms with Crippen LogP contribution >= 0.6 is 11.8 Å². The minimum Gasteiger partial charge on any atom is -0.443 e. The van der Waals surface area contributed by atoms with E-state index >= 15 is 0 Å². The number of hydrogen-bond donors (Lipinski definition) is 2. The van der Waals surface area contributed by atoms with Gasteiger partial charge < -0.3 is 15.0 Å². The Hall–Kier alpha value is -1.98. The third-order valence-electron chi connectivity index (χ3n) is 5.51. The van der Waals surface area contributed by atoms with E-state index in [2.05, 4.69) is 10.2 Å². The molecule has 0 unspecified atom stereocenters. The van der Waals surface area contributed by atoms with Gasteiger partial charge in [0, 0.05) is 29.8 Å². The van der Waals surface area contributed by atoms with Crippen molar-refractivity contribution >= 4 is 51.0 Å². The summed E-state index contributed by atoms with van der Waals surface area (Å²) >= 11 is 1.72. The molecule has 34 heavy (non-hydrogen) atoms. The third-order valence-corrected chi connectivity index (χ3v) is 6.94. The second-order valence-corrected chi connectivity index (χ2v) is 12.9. The smallest absolute Gasteiger partial charge is 0.429 e. The maximum Gasteiger partial charge on any atom is 0.429 e. The Labute approximate surface area is 207 Å². The van der Waals surface area contributed by atoms with Crippen molar-refractivity contribution in [2.45, 2.75) is 67.4 Å². The van der Waals surface area contributed by atoms with Gasteiger partial charge in [0.25, 0.3) is 0 Å². The molecule has 0 atom stereocenters. The summed E-state index contributed by atoms with van der Waals surface area (Å²) < 4.78 is 31.2. The van der Waals surface area contributed by atoms with Crippen LogP contribution in [0.3, 0.4) is 0 Å². The number of benzene rings is 1. The molecule has 0 aliphatic carbocycles. The van der Waals surface area contributed by atoms with Gasteiger partial charge in [0.15, 0.2) is 0 Å². The number of rotatable bonds is 6. The monoisotopic (exact) mass is 514 g/mol. The maximum atomic E-state index is 13.1. The minimum absolute atomic E-state index is 0.117. The van der Waals surface area contributed by atoms with E-state index in [0.717, 1.165) is 30.1 Å². The van der Waals surface area contributed by atoms with Crippen LogP contribution in [0.4, 0.5) is 21.9 Å². The fourth-order valence-electron chi connectivity index (χ4n) is 3.87. The van der Waals surface area contributed by atoms with Gasteiger partial charge in [0.1, 0.15) is 5.60 Å². The van der Waals surface area contributed by atoms with Gasteiger partial charge >= 0.3 is 16.3 Å². The lowest BCUT2D eigenvalue weighted by Crippen LogP contribution is -2.45. The van der Waals surface area contributed by atoms with Crippen molar-refractivity contribution in [3.05, 3.63) is 16.7 Å². The molecule has 1 heterocycles. The van der Waals surface area contributed by atoms with Crippen molar-refractivity contribution in [2.24, 2.45) is 10.6 Å². The Balaban J connectivity index is 2.83. The summed E-state index contributed by atoms with van der Waals surface area (Å²) in [5.74, 6) is 0.677. The normalized spacial score (nSPS) is 14.1. The van der Waals surface area contributed by atoms with Crippen LogP contribution in [-0.4, -0.2) is 51.1 Å². The van der Waals surface area contributed by atoms with Crippen LogP contribution in [0.25, 0.3) is 0 Å². The van der Waals surface area contributed by atoms with Gasteiger partial charge in [-0.2, -0.15) is 24.5 Å². The van der Waals surface area contributed by atoms with E-state index in [1.807, 2.05) is 6.26 Å². The Morgan fingerprint density at radius 2 is 1.74 bits per heavy atom. The van der Waals surface area contributed by atoms with Gasteiger partial charge in [-0.05, 0) is 58.4 Å². The first-order valence-corrected chi connectivity index (χ1v) is 14.1. The Morgan fingerprint density at radius 1 is 1.15 bits per heavy atom. The maximum absolute atomic E-state index is 13.1. The van der Waals surface area contributed by atoms with Gasteiger partial charge in [-0.3, -0.25) is 4.79 Å². The Morgan fingerprint density at radius 3 is 2.21 bits per heavy atom. The predicted molar refractivity (Wildman–Crippen MR) is 140 cm³/mol. The van der Waals surface area contributed by atoms with Crippen LogP contribution in [0.2, 0.25) is 0 Å². The first-order valence-electron chi connectivity index (χ1n) is 11.2. The van der Waals surface area contributed by atoms with Gasteiger partial charge in [-0.25, -0.2) is 9.93 Å². The topological polar surface area (TPSA) is 122 Å². The first kappa shape index (κ1) is 28.3. The van der Waals surface area contributed by atoms with E-state index in [1.54, 1.807) is 67.2 Å². The SMILES string of the molecule is CSCCN1CCc2c(C)c(N(C(=O)OC(C)(C)C)S(N)(=O)=O)c(C)c(NC(=O)C(C)(C)C)c21. The average Bonchev–Trinajstić information content (AvgIpc) is 3.07. The van der Waals surface area contributed by atoms with Gasteiger partial charge in [-0.1, -0.05) is 20.8 Å². The molecular weight excluding hydrogens is 476 g/mol. The average molecular weight is 515 g/mol. The number of nitrogens with two attached hydrogens (primary N) is 1. The van der Waals surface area contributed by atoms with E-state index in [1.165, 1.54) is 0 Å². The molecule has 1 aliphatic heterocycles. The number of carbonyl (C=O) groups is 2. The number of fused-ring (bicyclic) bond motifs is 1. The molecule has 0 saturated heterocycles. The molecule has 1 aromatic carbocycles. The third kappa shape index (κ3) is 6.17. The van der Waals surface area contributed by atoms with Crippen molar-refractivity contribution in [2.75, 3.05) is 39.6 Å². The van der Waals surface area contributed by atoms with Crippen molar-refractivity contribution in [3.63, 3.8) is 0 Å². The lowest BCUT2D eigenvalue weighted by atomic mass is 9.93. The van der Waals surface area contributed by atoms with Gasteiger partial charge in [0.05, 0.1) is 17.1 Å². The molecule has 2 rings (SSSR count). The Kier molecular flexibility index (Phi) is 8.27. The molecular formula is C23H38N4O5S2. The molecule has 1 aromatic rings. The standard InChI is InChI=1S/C23H38N4O5S2/c1-14-16-10-11-26(12-13-33-9)19(16)17(25-20(28)22(3,4)5)15(2)18(14)27(34(24,30)31)21(29)32-23(6,7)8/h10-13H2,1-9H3,(H,25,28)(H2,24,30,31). The summed E-state index contributed by atoms with van der Waals surface area (Å²) in [6.45, 7) is 15.3. The van der Waals surface area contributed by atoms with E-state index in [9.17, 15) is 18.0 Å². The second kappa shape index (κ2) is 9.94. The van der Waals surface area contributed by atoms with Crippen LogP contribution in [0.1, 0.15) is 58.2 Å². The van der Waals surface area contributed by atoms with Crippen LogP contribution < -0.4 is 19.7 Å². The summed E-state index contributed by atoms with van der Waals surface area (Å²) in [6.07, 6.45) is 1.59. The van der Waals surface area contributed by atoms with Crippen LogP contribution in [0.5, 0.6) is 0 Å². The largest absolute Gasteiger partial charge is 0.443 e. The molecule has 192 valence electrons. The molecule has 0 bridgehead atoms. The fourth-order valence-corrected chi connectivity index (χ4v) is 5.05. The number of thioether (sulfide) groups is 1. The number of nitrogens with one attached hydrogen (secondary N) is 1. The van der Waals surface area contributed by atoms with Crippen LogP contribution in [0, 0.1) is 19.3 Å². The quantitative estimate of drug-likeness (QED) is 0.589. The molecule has 0 saturated carbocycles. The number of nitrogens with zero attached hydrogens (tertiary/aromatic N) is 2. The lowest BCUT2D eigenvalue weighted by Gasteiger charge is -2.31. The van der Waals surface area contributed by atoms with Crippen molar-refractivity contribution in [3.8, 4) is 0 Å². The molecule has 1 aliphatic rings. The second-order valence-electron chi connectivity index (χ2n) is 10.5. The molecule has 0 fully saturated rings. The summed E-state index contributed by atoms with van der Waals surface area (Å²) in [4.78, 5) is 28.3. The Bertz CT molecular complexity index is 1070. The zero-order chi connectivity index (χ0) is 26.2. The fraction of sp³-hybridized carbons (Fsp3) is 0.652. The molecule has 9 nitrogen and oxygen atoms in total. The van der Waals surface area contributed by atoms with E-state index in [4.69, 9.17) is 9.88 Å². The first-order chi connectivity index (χ1) is 15.4. The van der Waals surface area contributed by atoms with Gasteiger partial charge in [-0.15, -0.1) is 0 Å². The number of hydrogen-bond acceptors (Lipinski definition) is 7. The molecule has 2 amide bonds. The van der Waals surface area contributed by atoms with E-state index < -0.39 is 27.3 Å². The molecule has 11 heteroatoms. The lowest BCUT2D eigenvalue weighted by molar-refractivity contribution is -0.123. The molecule has 0 radical (unpaired) electrons. The van der Waals surface area contributed by atoms with Crippen molar-refractivity contribution in [1.29, 1.82) is 0 Å². The highest BCUT2D eigenvalue weighted by molar-refractivity contribution is 7.98. The number of amides is 2. The molecule has 0 spiro atoms. The highest BCUT2D eigenvalue weighted by Gasteiger charge is 2.38.